The molecule has 1 rings (SSSR count). The molecule has 0 bridgehead atoms. The van der Waals surface area contributed by atoms with Gasteiger partial charge in [-0.05, 0) is 12.8 Å². The van der Waals surface area contributed by atoms with Gasteiger partial charge in [-0.1, -0.05) is 31.5 Å². The largest absolute Gasteiger partial charge is 1.00 e. The Morgan fingerprint density at radius 1 is 1.25 bits per heavy atom. The quantitative estimate of drug-likeness (QED) is 0.385. The van der Waals surface area contributed by atoms with E-state index in [0.717, 1.165) is 25.7 Å². The average Bonchev–Trinajstić information content (AvgIpc) is 2.05. The van der Waals surface area contributed by atoms with Crippen molar-refractivity contribution in [1.29, 1.82) is 0 Å². The Labute approximate surface area is 121 Å². The average molecular weight is 210 g/mol. The van der Waals surface area contributed by atoms with E-state index in [9.17, 15) is 9.90 Å². The maximum absolute atomic E-state index is 11.0. The van der Waals surface area contributed by atoms with Crippen molar-refractivity contribution in [3.05, 3.63) is 0 Å². The first-order valence-electron chi connectivity index (χ1n) is 3.97. The molecular formula is C8H11KO2S. The van der Waals surface area contributed by atoms with Gasteiger partial charge in [0.05, 0.1) is 0 Å². The van der Waals surface area contributed by atoms with Crippen molar-refractivity contribution < 1.29 is 61.3 Å². The van der Waals surface area contributed by atoms with E-state index in [-0.39, 0.29) is 63.1 Å². The van der Waals surface area contributed by atoms with Crippen LogP contribution in [0.4, 0.5) is 0 Å². The van der Waals surface area contributed by atoms with Crippen LogP contribution in [0.3, 0.4) is 0 Å². The second-order valence-corrected chi connectivity index (χ2v) is 3.36. The summed E-state index contributed by atoms with van der Waals surface area (Å²) in [6.07, 6.45) is 5.05. The van der Waals surface area contributed by atoms with E-state index in [2.05, 4.69) is 12.2 Å². The van der Waals surface area contributed by atoms with Gasteiger partial charge < -0.3 is 5.11 Å². The number of thiocarbonyl (C=S) groups is 1. The summed E-state index contributed by atoms with van der Waals surface area (Å²) in [5.74, 6) is -0.381. The summed E-state index contributed by atoms with van der Waals surface area (Å²) in [5.41, 5.74) is 0. The van der Waals surface area contributed by atoms with Crippen LogP contribution in [0.25, 0.3) is 0 Å². The van der Waals surface area contributed by atoms with Gasteiger partial charge >= 0.3 is 51.4 Å². The number of Topliss-reactive ketones (excluding diaryl/α,β-unsaturated/α-hetero) is 1. The maximum Gasteiger partial charge on any atom is 1.00 e. The molecule has 0 unspecified atom stereocenters. The van der Waals surface area contributed by atoms with Gasteiger partial charge in [-0.3, -0.25) is 4.79 Å². The van der Waals surface area contributed by atoms with E-state index >= 15 is 0 Å². The minimum atomic E-state index is -0.683. The Balaban J connectivity index is 0.00000121. The van der Waals surface area contributed by atoms with E-state index in [1.165, 1.54) is 6.42 Å². The molecule has 4 heteroatoms. The summed E-state index contributed by atoms with van der Waals surface area (Å²) in [7, 11) is 0. The predicted molar refractivity (Wildman–Crippen MR) is 44.2 cm³/mol. The van der Waals surface area contributed by atoms with Crippen LogP contribution in [0.5, 0.6) is 0 Å². The molecule has 62 valence electrons. The Bertz CT molecular complexity index is 176. The first-order chi connectivity index (χ1) is 5.22. The van der Waals surface area contributed by atoms with Crippen LogP contribution >= 0.6 is 12.2 Å². The maximum atomic E-state index is 11.0. The summed E-state index contributed by atoms with van der Waals surface area (Å²) in [4.78, 5) is 11.0. The third-order valence-electron chi connectivity index (χ3n) is 2.18. The molecule has 0 saturated heterocycles. The van der Waals surface area contributed by atoms with Crippen LogP contribution in [0.15, 0.2) is 0 Å². The number of hydrogen-bond acceptors (Lipinski definition) is 3. The van der Waals surface area contributed by atoms with Crippen LogP contribution in [-0.2, 0) is 4.79 Å². The molecule has 0 aromatic heterocycles. The fraction of sp³-hybridized carbons (Fsp3) is 0.750. The van der Waals surface area contributed by atoms with Gasteiger partial charge in [0.25, 0.3) is 0 Å². The Morgan fingerprint density at radius 3 is 2.17 bits per heavy atom. The van der Waals surface area contributed by atoms with Crippen molar-refractivity contribution in [3.8, 4) is 0 Å². The molecule has 0 atom stereocenters. The van der Waals surface area contributed by atoms with Crippen molar-refractivity contribution in [2.45, 2.75) is 32.1 Å². The summed E-state index contributed by atoms with van der Waals surface area (Å²) in [6, 6.07) is 0. The summed E-state index contributed by atoms with van der Waals surface area (Å²) < 4.78 is 0. The van der Waals surface area contributed by atoms with Gasteiger partial charge in [-0.2, -0.15) is 0 Å². The molecule has 1 aliphatic carbocycles. The van der Waals surface area contributed by atoms with Gasteiger partial charge in [0, 0.05) is 11.0 Å². The second kappa shape index (κ2) is 6.62. The van der Waals surface area contributed by atoms with E-state index < -0.39 is 5.05 Å². The standard InChI is InChI=1S/C8H12O2S.K/c9-7(8(10)11)6-4-2-1-3-5-6;/h6H,1-5H2,(H,10,11);/q;+1/p-1. The van der Waals surface area contributed by atoms with Crippen LogP contribution in [0, 0.1) is 5.92 Å². The molecule has 0 aromatic carbocycles. The molecule has 1 aliphatic rings. The molecule has 2 nitrogen and oxygen atoms in total. The van der Waals surface area contributed by atoms with Crippen LogP contribution < -0.4 is 56.5 Å². The van der Waals surface area contributed by atoms with Crippen molar-refractivity contribution in [2.75, 3.05) is 0 Å². The topological polar surface area (TPSA) is 40.1 Å². The molecular weight excluding hydrogens is 199 g/mol. The van der Waals surface area contributed by atoms with Crippen molar-refractivity contribution in [2.24, 2.45) is 5.92 Å². The molecule has 12 heavy (non-hydrogen) atoms. The van der Waals surface area contributed by atoms with E-state index in [1.807, 2.05) is 0 Å². The Morgan fingerprint density at radius 2 is 1.75 bits per heavy atom. The molecule has 0 heterocycles. The second-order valence-electron chi connectivity index (χ2n) is 2.99. The SMILES string of the molecule is O=C(C([O-])=S)C1CCCCC1.[K+]. The number of ketones is 1. The normalized spacial score (nSPS) is 18.0. The molecule has 0 aromatic rings. The number of carbonyl (C=O) groups is 1. The molecule has 0 radical (unpaired) electrons. The fourth-order valence-corrected chi connectivity index (χ4v) is 1.70. The van der Waals surface area contributed by atoms with E-state index in [0.29, 0.717) is 0 Å². The van der Waals surface area contributed by atoms with Gasteiger partial charge in [0.1, 0.15) is 0 Å². The fourth-order valence-electron chi connectivity index (χ4n) is 1.53. The van der Waals surface area contributed by atoms with Crippen molar-refractivity contribution >= 4 is 23.1 Å². The molecule has 0 spiro atoms. The Hall–Kier alpha value is 1.20. The summed E-state index contributed by atoms with van der Waals surface area (Å²) in [5, 5.41) is 9.82. The van der Waals surface area contributed by atoms with Gasteiger partial charge in [-0.15, -0.1) is 0 Å². The number of carbonyl (C=O) groups excluding carboxylic acids is 1. The third-order valence-corrected chi connectivity index (χ3v) is 2.38. The zero-order valence-corrected chi connectivity index (χ0v) is 11.3. The number of rotatable bonds is 2. The van der Waals surface area contributed by atoms with Gasteiger partial charge in [0.15, 0.2) is 5.78 Å². The smallest absolute Gasteiger partial charge is 0.862 e. The molecule has 0 amide bonds. The van der Waals surface area contributed by atoms with Gasteiger partial charge in [0.2, 0.25) is 0 Å². The minimum Gasteiger partial charge on any atom is -0.862 e. The first kappa shape index (κ1) is 13.2. The van der Waals surface area contributed by atoms with Crippen molar-refractivity contribution in [3.63, 3.8) is 0 Å². The zero-order chi connectivity index (χ0) is 8.27. The first-order valence-corrected chi connectivity index (χ1v) is 4.38. The van der Waals surface area contributed by atoms with Crippen LogP contribution in [-0.4, -0.2) is 10.8 Å². The summed E-state index contributed by atoms with van der Waals surface area (Å²) in [6.45, 7) is 0. The molecule has 0 aliphatic heterocycles. The molecule has 1 saturated carbocycles. The van der Waals surface area contributed by atoms with E-state index in [4.69, 9.17) is 0 Å². The van der Waals surface area contributed by atoms with Crippen molar-refractivity contribution in [1.82, 2.24) is 0 Å². The summed E-state index contributed by atoms with van der Waals surface area (Å²) >= 11 is 4.29. The van der Waals surface area contributed by atoms with Crippen LogP contribution in [0.1, 0.15) is 32.1 Å². The minimum absolute atomic E-state index is 0. The number of hydrogen-bond donors (Lipinski definition) is 0. The van der Waals surface area contributed by atoms with Crippen LogP contribution in [0.2, 0.25) is 0 Å². The molecule has 1 fully saturated rings. The van der Waals surface area contributed by atoms with E-state index in [1.54, 1.807) is 0 Å². The zero-order valence-electron chi connectivity index (χ0n) is 7.34. The third kappa shape index (κ3) is 3.94. The molecule has 0 N–H and O–H groups in total. The monoisotopic (exact) mass is 210 g/mol. The van der Waals surface area contributed by atoms with Gasteiger partial charge in [-0.25, -0.2) is 0 Å². The Kier molecular flexibility index (Phi) is 7.28. The predicted octanol–water partition coefficient (Wildman–Crippen LogP) is -2.17.